The number of rotatable bonds is 6. The number of halogens is 2. The molecule has 2 heterocycles. The molecule has 1 N–H and O–H groups in total. The molecular formula is C17H17ClFN5O. The van der Waals surface area contributed by atoms with Crippen molar-refractivity contribution < 1.29 is 9.18 Å². The van der Waals surface area contributed by atoms with Gasteiger partial charge in [-0.1, -0.05) is 17.7 Å². The Labute approximate surface area is 149 Å². The molecule has 1 amide bonds. The van der Waals surface area contributed by atoms with Crippen LogP contribution in [0.5, 0.6) is 0 Å². The second-order valence-corrected chi connectivity index (χ2v) is 6.08. The summed E-state index contributed by atoms with van der Waals surface area (Å²) in [6.07, 6.45) is 5.57. The summed E-state index contributed by atoms with van der Waals surface area (Å²) in [5.41, 5.74) is 1.41. The van der Waals surface area contributed by atoms with E-state index < -0.39 is 0 Å². The molecule has 0 unspecified atom stereocenters. The highest BCUT2D eigenvalue weighted by Crippen LogP contribution is 2.20. The van der Waals surface area contributed by atoms with Gasteiger partial charge in [0.15, 0.2) is 5.82 Å². The van der Waals surface area contributed by atoms with Crippen LogP contribution < -0.4 is 5.32 Å². The van der Waals surface area contributed by atoms with Crippen molar-refractivity contribution in [3.63, 3.8) is 0 Å². The standard InChI is InChI=1S/C17H17ClFN5O/c1-12-9-20-23(10-12)8-6-17(25)21-16-5-7-24(22-16)11-13-14(18)3-2-4-15(13)19/h2-5,7,9-10H,6,8,11H2,1H3,(H,21,22,25). The van der Waals surface area contributed by atoms with Gasteiger partial charge in [0.1, 0.15) is 5.82 Å². The lowest BCUT2D eigenvalue weighted by atomic mass is 10.2. The number of aryl methyl sites for hydroxylation is 2. The average molecular weight is 362 g/mol. The quantitative estimate of drug-likeness (QED) is 0.733. The minimum Gasteiger partial charge on any atom is -0.309 e. The second kappa shape index (κ2) is 7.48. The first kappa shape index (κ1) is 17.2. The first-order valence-electron chi connectivity index (χ1n) is 7.76. The monoisotopic (exact) mass is 361 g/mol. The average Bonchev–Trinajstić information content (AvgIpc) is 3.18. The Morgan fingerprint density at radius 1 is 1.32 bits per heavy atom. The van der Waals surface area contributed by atoms with Crippen LogP contribution in [0.2, 0.25) is 5.02 Å². The number of carbonyl (C=O) groups is 1. The summed E-state index contributed by atoms with van der Waals surface area (Å²) >= 11 is 6.01. The number of aromatic nitrogens is 4. The largest absolute Gasteiger partial charge is 0.309 e. The maximum absolute atomic E-state index is 13.8. The zero-order valence-electron chi connectivity index (χ0n) is 13.6. The van der Waals surface area contributed by atoms with E-state index in [0.717, 1.165) is 5.56 Å². The van der Waals surface area contributed by atoms with E-state index in [9.17, 15) is 9.18 Å². The first-order chi connectivity index (χ1) is 12.0. The predicted molar refractivity (Wildman–Crippen MR) is 92.9 cm³/mol. The van der Waals surface area contributed by atoms with Crippen molar-refractivity contribution >= 4 is 23.3 Å². The van der Waals surface area contributed by atoms with E-state index in [0.29, 0.717) is 22.9 Å². The van der Waals surface area contributed by atoms with Gasteiger partial charge in [-0.2, -0.15) is 10.2 Å². The SMILES string of the molecule is Cc1cnn(CCC(=O)Nc2ccn(Cc3c(F)cccc3Cl)n2)c1. The van der Waals surface area contributed by atoms with Crippen LogP contribution in [0.25, 0.3) is 0 Å². The van der Waals surface area contributed by atoms with Crippen LogP contribution in [0.1, 0.15) is 17.5 Å². The summed E-state index contributed by atoms with van der Waals surface area (Å²) in [6.45, 7) is 2.62. The summed E-state index contributed by atoms with van der Waals surface area (Å²) in [6, 6.07) is 6.19. The van der Waals surface area contributed by atoms with Crippen LogP contribution in [0.3, 0.4) is 0 Å². The van der Waals surface area contributed by atoms with E-state index in [4.69, 9.17) is 11.6 Å². The van der Waals surface area contributed by atoms with Crippen LogP contribution in [-0.2, 0) is 17.9 Å². The summed E-state index contributed by atoms with van der Waals surface area (Å²) in [4.78, 5) is 12.0. The van der Waals surface area contributed by atoms with Gasteiger partial charge in [-0.15, -0.1) is 0 Å². The van der Waals surface area contributed by atoms with Crippen molar-refractivity contribution in [3.8, 4) is 0 Å². The van der Waals surface area contributed by atoms with Crippen molar-refractivity contribution in [2.75, 3.05) is 5.32 Å². The summed E-state index contributed by atoms with van der Waals surface area (Å²) < 4.78 is 17.1. The van der Waals surface area contributed by atoms with Crippen molar-refractivity contribution in [1.29, 1.82) is 0 Å². The maximum atomic E-state index is 13.8. The minimum absolute atomic E-state index is 0.165. The number of benzene rings is 1. The van der Waals surface area contributed by atoms with Gasteiger partial charge in [-0.25, -0.2) is 4.39 Å². The molecule has 0 aliphatic carbocycles. The highest BCUT2D eigenvalue weighted by molar-refractivity contribution is 6.31. The molecule has 2 aromatic heterocycles. The molecule has 0 bridgehead atoms. The van der Waals surface area contributed by atoms with Gasteiger partial charge in [-0.3, -0.25) is 14.2 Å². The Balaban J connectivity index is 1.57. The van der Waals surface area contributed by atoms with Crippen molar-refractivity contribution in [2.24, 2.45) is 0 Å². The van der Waals surface area contributed by atoms with Gasteiger partial charge in [-0.05, 0) is 24.6 Å². The molecule has 130 valence electrons. The molecule has 0 saturated carbocycles. The zero-order chi connectivity index (χ0) is 17.8. The number of hydrogen-bond acceptors (Lipinski definition) is 3. The molecule has 0 fully saturated rings. The van der Waals surface area contributed by atoms with E-state index in [-0.39, 0.29) is 24.7 Å². The van der Waals surface area contributed by atoms with Crippen molar-refractivity contribution in [3.05, 3.63) is 64.8 Å². The molecule has 0 atom stereocenters. The summed E-state index contributed by atoms with van der Waals surface area (Å²) in [5, 5.41) is 11.4. The van der Waals surface area contributed by atoms with Crippen LogP contribution in [-0.4, -0.2) is 25.5 Å². The first-order valence-corrected chi connectivity index (χ1v) is 8.14. The highest BCUT2D eigenvalue weighted by Gasteiger charge is 2.10. The molecule has 6 nitrogen and oxygen atoms in total. The summed E-state index contributed by atoms with van der Waals surface area (Å²) in [5.74, 6) is -0.139. The van der Waals surface area contributed by atoms with Gasteiger partial charge < -0.3 is 5.32 Å². The van der Waals surface area contributed by atoms with Gasteiger partial charge in [0.2, 0.25) is 5.91 Å². The third-order valence-electron chi connectivity index (χ3n) is 3.62. The number of nitrogens with zero attached hydrogens (tertiary/aromatic N) is 4. The van der Waals surface area contributed by atoms with E-state index in [1.54, 1.807) is 35.3 Å². The van der Waals surface area contributed by atoms with Gasteiger partial charge in [0, 0.05) is 42.0 Å². The molecule has 3 aromatic rings. The Hall–Kier alpha value is -2.67. The topological polar surface area (TPSA) is 64.7 Å². The van der Waals surface area contributed by atoms with Gasteiger partial charge in [0.25, 0.3) is 0 Å². The molecule has 0 saturated heterocycles. The fraction of sp³-hybridized carbons (Fsp3) is 0.235. The molecule has 25 heavy (non-hydrogen) atoms. The molecule has 0 spiro atoms. The Morgan fingerprint density at radius 2 is 2.16 bits per heavy atom. The Kier molecular flexibility index (Phi) is 5.14. The maximum Gasteiger partial charge on any atom is 0.227 e. The van der Waals surface area contributed by atoms with Gasteiger partial charge >= 0.3 is 0 Å². The number of anilines is 1. The van der Waals surface area contributed by atoms with Crippen LogP contribution in [0.15, 0.2) is 42.9 Å². The number of amides is 1. The fourth-order valence-electron chi connectivity index (χ4n) is 2.37. The molecule has 0 aliphatic heterocycles. The molecule has 8 heteroatoms. The number of hydrogen-bond donors (Lipinski definition) is 1. The van der Waals surface area contributed by atoms with E-state index in [1.807, 2.05) is 13.1 Å². The highest BCUT2D eigenvalue weighted by atomic mass is 35.5. The second-order valence-electron chi connectivity index (χ2n) is 5.68. The normalized spacial score (nSPS) is 10.8. The van der Waals surface area contributed by atoms with E-state index >= 15 is 0 Å². The van der Waals surface area contributed by atoms with Crippen LogP contribution in [0, 0.1) is 12.7 Å². The molecule has 0 aliphatic rings. The molecule has 0 radical (unpaired) electrons. The third-order valence-corrected chi connectivity index (χ3v) is 3.97. The van der Waals surface area contributed by atoms with Crippen LogP contribution in [0.4, 0.5) is 10.2 Å². The minimum atomic E-state index is -0.386. The van der Waals surface area contributed by atoms with Gasteiger partial charge in [0.05, 0.1) is 12.7 Å². The lowest BCUT2D eigenvalue weighted by Crippen LogP contribution is -2.15. The molecule has 3 rings (SSSR count). The summed E-state index contributed by atoms with van der Waals surface area (Å²) in [7, 11) is 0. The fourth-order valence-corrected chi connectivity index (χ4v) is 2.60. The molecule has 1 aromatic carbocycles. The van der Waals surface area contributed by atoms with Crippen molar-refractivity contribution in [2.45, 2.75) is 26.4 Å². The third kappa shape index (κ3) is 4.45. The number of carbonyl (C=O) groups excluding carboxylic acids is 1. The van der Waals surface area contributed by atoms with Crippen LogP contribution >= 0.6 is 11.6 Å². The number of nitrogens with one attached hydrogen (secondary N) is 1. The van der Waals surface area contributed by atoms with Crippen molar-refractivity contribution in [1.82, 2.24) is 19.6 Å². The zero-order valence-corrected chi connectivity index (χ0v) is 14.4. The Morgan fingerprint density at radius 3 is 2.88 bits per heavy atom. The smallest absolute Gasteiger partial charge is 0.227 e. The lowest BCUT2D eigenvalue weighted by molar-refractivity contribution is -0.116. The molecular weight excluding hydrogens is 345 g/mol. The predicted octanol–water partition coefficient (Wildman–Crippen LogP) is 3.26. The lowest BCUT2D eigenvalue weighted by Gasteiger charge is -2.06. The van der Waals surface area contributed by atoms with E-state index in [1.165, 1.54) is 10.7 Å². The Bertz CT molecular complexity index is 869. The van der Waals surface area contributed by atoms with E-state index in [2.05, 4.69) is 15.5 Å².